The number of pyridine rings is 1. The van der Waals surface area contributed by atoms with Gasteiger partial charge in [0.25, 0.3) is 5.56 Å². The van der Waals surface area contributed by atoms with E-state index in [0.717, 1.165) is 0 Å². The molecule has 0 spiro atoms. The van der Waals surface area contributed by atoms with E-state index in [4.69, 9.17) is 0 Å². The highest BCUT2D eigenvalue weighted by molar-refractivity contribution is 5.75. The molecule has 0 radical (unpaired) electrons. The van der Waals surface area contributed by atoms with Gasteiger partial charge in [0.2, 0.25) is 5.56 Å². The number of aromatic amines is 2. The minimum absolute atomic E-state index is 0.300. The third-order valence-corrected chi connectivity index (χ3v) is 1.55. The lowest BCUT2D eigenvalue weighted by Gasteiger charge is -1.91. The molecule has 2 rings (SSSR count). The predicted octanol–water partition coefficient (Wildman–Crippen LogP) is -0.389. The van der Waals surface area contributed by atoms with Crippen LogP contribution >= 0.6 is 0 Å². The summed E-state index contributed by atoms with van der Waals surface area (Å²) in [5.74, 6) is 0. The zero-order valence-electron chi connectivity index (χ0n) is 6.00. The van der Waals surface area contributed by atoms with Crippen LogP contribution in [0.5, 0.6) is 0 Å². The molecule has 0 aliphatic heterocycles. The number of rotatable bonds is 0. The van der Waals surface area contributed by atoms with Crippen molar-refractivity contribution in [3.63, 3.8) is 0 Å². The minimum atomic E-state index is -0.305. The number of fused-ring (bicyclic) bond motifs is 1. The van der Waals surface area contributed by atoms with Gasteiger partial charge in [0.05, 0.1) is 17.2 Å². The summed E-state index contributed by atoms with van der Waals surface area (Å²) >= 11 is 0. The van der Waals surface area contributed by atoms with Gasteiger partial charge in [-0.1, -0.05) is 0 Å². The third-order valence-electron chi connectivity index (χ3n) is 1.55. The fourth-order valence-electron chi connectivity index (χ4n) is 0.991. The molecule has 0 aromatic carbocycles. The first-order valence-corrected chi connectivity index (χ1v) is 3.33. The molecule has 0 unspecified atom stereocenters. The zero-order valence-corrected chi connectivity index (χ0v) is 6.00. The van der Waals surface area contributed by atoms with Crippen LogP contribution < -0.4 is 11.1 Å². The average molecular weight is 163 g/mol. The van der Waals surface area contributed by atoms with Crippen molar-refractivity contribution in [1.29, 1.82) is 0 Å². The number of nitrogens with zero attached hydrogens (tertiary/aromatic N) is 1. The zero-order chi connectivity index (χ0) is 8.55. The van der Waals surface area contributed by atoms with Gasteiger partial charge in [-0.25, -0.2) is 4.98 Å². The van der Waals surface area contributed by atoms with E-state index < -0.39 is 0 Å². The molecule has 5 nitrogen and oxygen atoms in total. The maximum absolute atomic E-state index is 11.1. The Morgan fingerprint density at radius 2 is 2.08 bits per heavy atom. The van der Waals surface area contributed by atoms with E-state index in [9.17, 15) is 9.59 Å². The molecule has 0 atom stereocenters. The average Bonchev–Trinajstić information content (AvgIpc) is 2.07. The molecule has 0 fully saturated rings. The number of nitrogens with one attached hydrogen (secondary N) is 2. The van der Waals surface area contributed by atoms with Gasteiger partial charge in [-0.05, 0) is 0 Å². The molecule has 12 heavy (non-hydrogen) atoms. The van der Waals surface area contributed by atoms with Crippen molar-refractivity contribution >= 4 is 10.9 Å². The smallest absolute Gasteiger partial charge is 0.258 e. The van der Waals surface area contributed by atoms with E-state index in [1.165, 1.54) is 18.6 Å². The second-order valence-electron chi connectivity index (χ2n) is 2.33. The number of hydrogen-bond acceptors (Lipinski definition) is 3. The topological polar surface area (TPSA) is 78.6 Å². The Bertz CT molecular complexity index is 526. The van der Waals surface area contributed by atoms with Gasteiger partial charge in [0.15, 0.2) is 0 Å². The second kappa shape index (κ2) is 2.30. The molecule has 2 heterocycles. The fraction of sp³-hybridized carbons (Fsp3) is 0. The van der Waals surface area contributed by atoms with Gasteiger partial charge >= 0.3 is 0 Å². The normalized spacial score (nSPS) is 10.3. The first-order valence-electron chi connectivity index (χ1n) is 3.33. The van der Waals surface area contributed by atoms with Crippen LogP contribution in [0.4, 0.5) is 0 Å². The summed E-state index contributed by atoms with van der Waals surface area (Å²) in [6.07, 6.45) is 2.70. The van der Waals surface area contributed by atoms with E-state index in [1.807, 2.05) is 0 Å². The highest BCUT2D eigenvalue weighted by atomic mass is 16.1. The summed E-state index contributed by atoms with van der Waals surface area (Å²) in [5.41, 5.74) is -0.120. The molecule has 2 N–H and O–H groups in total. The Balaban J connectivity index is 3.08. The molecule has 2 aromatic heterocycles. The maximum atomic E-state index is 11.1. The quantitative estimate of drug-likeness (QED) is 0.555. The number of hydrogen-bond donors (Lipinski definition) is 2. The number of H-pyrrole nitrogens is 2. The second-order valence-corrected chi connectivity index (χ2v) is 2.33. The van der Waals surface area contributed by atoms with Gasteiger partial charge in [0.1, 0.15) is 0 Å². The lowest BCUT2D eigenvalue weighted by molar-refractivity contribution is 1.15. The molecule has 0 aliphatic rings. The van der Waals surface area contributed by atoms with Crippen LogP contribution in [0, 0.1) is 0 Å². The van der Waals surface area contributed by atoms with E-state index in [0.29, 0.717) is 10.9 Å². The van der Waals surface area contributed by atoms with Crippen LogP contribution in [0.1, 0.15) is 0 Å². The van der Waals surface area contributed by atoms with Crippen LogP contribution in [-0.4, -0.2) is 15.0 Å². The molecule has 0 aliphatic carbocycles. The van der Waals surface area contributed by atoms with Crippen molar-refractivity contribution in [1.82, 2.24) is 15.0 Å². The van der Waals surface area contributed by atoms with E-state index in [1.54, 1.807) is 0 Å². The summed E-state index contributed by atoms with van der Waals surface area (Å²) in [6, 6.07) is 1.22. The third kappa shape index (κ3) is 0.914. The molecule has 5 heteroatoms. The Labute approximate surface area is 66.1 Å². The Kier molecular flexibility index (Phi) is 1.30. The van der Waals surface area contributed by atoms with Gasteiger partial charge in [-0.3, -0.25) is 9.59 Å². The molecule has 2 aromatic rings. The summed E-state index contributed by atoms with van der Waals surface area (Å²) in [5, 5.41) is 0.307. The molecule has 0 saturated heterocycles. The highest BCUT2D eigenvalue weighted by Crippen LogP contribution is 1.97. The summed E-state index contributed by atoms with van der Waals surface area (Å²) in [7, 11) is 0. The molecule has 60 valence electrons. The monoisotopic (exact) mass is 163 g/mol. The van der Waals surface area contributed by atoms with E-state index >= 15 is 0 Å². The van der Waals surface area contributed by atoms with Crippen molar-refractivity contribution in [2.45, 2.75) is 0 Å². The fourth-order valence-corrected chi connectivity index (χ4v) is 0.991. The summed E-state index contributed by atoms with van der Waals surface area (Å²) < 4.78 is 0. The van der Waals surface area contributed by atoms with E-state index in [2.05, 4.69) is 15.0 Å². The molecule has 0 bridgehead atoms. The largest absolute Gasteiger partial charge is 0.327 e. The van der Waals surface area contributed by atoms with Crippen molar-refractivity contribution in [2.75, 3.05) is 0 Å². The SMILES string of the molecule is O=c1cc2c(=O)[nH]cnc2c[nH]1. The predicted molar refractivity (Wildman–Crippen MR) is 43.0 cm³/mol. The maximum Gasteiger partial charge on any atom is 0.258 e. The van der Waals surface area contributed by atoms with Crippen LogP contribution in [0.2, 0.25) is 0 Å². The molecular weight excluding hydrogens is 158 g/mol. The van der Waals surface area contributed by atoms with Gasteiger partial charge < -0.3 is 9.97 Å². The van der Waals surface area contributed by atoms with Crippen LogP contribution in [0.25, 0.3) is 10.9 Å². The summed E-state index contributed by atoms with van der Waals surface area (Å²) in [6.45, 7) is 0. The van der Waals surface area contributed by atoms with Crippen molar-refractivity contribution in [3.8, 4) is 0 Å². The number of aromatic nitrogens is 3. The lowest BCUT2D eigenvalue weighted by Crippen LogP contribution is -2.11. The first-order chi connectivity index (χ1) is 5.77. The van der Waals surface area contributed by atoms with Gasteiger partial charge in [-0.15, -0.1) is 0 Å². The van der Waals surface area contributed by atoms with E-state index in [-0.39, 0.29) is 11.1 Å². The van der Waals surface area contributed by atoms with Crippen LogP contribution in [0.3, 0.4) is 0 Å². The lowest BCUT2D eigenvalue weighted by atomic mass is 10.3. The Hall–Kier alpha value is -1.91. The molecule has 0 saturated carbocycles. The van der Waals surface area contributed by atoms with Gasteiger partial charge in [-0.2, -0.15) is 0 Å². The Morgan fingerprint density at radius 3 is 2.92 bits per heavy atom. The minimum Gasteiger partial charge on any atom is -0.327 e. The van der Waals surface area contributed by atoms with Crippen molar-refractivity contribution in [3.05, 3.63) is 39.3 Å². The van der Waals surface area contributed by atoms with Crippen LogP contribution in [-0.2, 0) is 0 Å². The molecule has 0 amide bonds. The highest BCUT2D eigenvalue weighted by Gasteiger charge is 1.97. The Morgan fingerprint density at radius 1 is 1.25 bits per heavy atom. The van der Waals surface area contributed by atoms with Crippen molar-refractivity contribution in [2.24, 2.45) is 0 Å². The molecular formula is C7H5N3O2. The standard InChI is InChI=1S/C7H5N3O2/c11-6-1-4-5(2-8-6)9-3-10-7(4)12/h1-3H,(H,8,11)(H,9,10,12). The van der Waals surface area contributed by atoms with Crippen molar-refractivity contribution < 1.29 is 0 Å². The first kappa shape index (κ1) is 6.78. The van der Waals surface area contributed by atoms with Gasteiger partial charge in [0, 0.05) is 12.3 Å². The van der Waals surface area contributed by atoms with Crippen LogP contribution in [0.15, 0.2) is 28.2 Å². The summed E-state index contributed by atoms with van der Waals surface area (Å²) in [4.78, 5) is 30.6.